The van der Waals surface area contributed by atoms with Crippen LogP contribution in [0.3, 0.4) is 0 Å². The molecule has 0 saturated carbocycles. The monoisotopic (exact) mass is 181 g/mol. The van der Waals surface area contributed by atoms with E-state index in [4.69, 9.17) is 10.5 Å². The molecule has 1 radical (unpaired) electrons. The second-order valence-electron chi connectivity index (χ2n) is 2.89. The van der Waals surface area contributed by atoms with Crippen LogP contribution >= 0.6 is 0 Å². The number of hydrogen-bond donors (Lipinski definition) is 0. The third kappa shape index (κ3) is 3.71. The average molecular weight is 181 g/mol. The number of likely N-dealkylation sites (N-methyl/N-ethyl adjacent to an activating group) is 1. The van der Waals surface area contributed by atoms with Gasteiger partial charge in [-0.3, -0.25) is 5.73 Å². The zero-order valence-corrected chi connectivity index (χ0v) is 7.82. The van der Waals surface area contributed by atoms with E-state index >= 15 is 0 Å². The molecule has 13 heavy (non-hydrogen) atoms. The third-order valence-corrected chi connectivity index (χ3v) is 1.43. The normalized spacial score (nSPS) is 10.4. The van der Waals surface area contributed by atoms with Crippen molar-refractivity contribution in [1.82, 2.24) is 20.6 Å². The molecule has 5 nitrogen and oxygen atoms in total. The summed E-state index contributed by atoms with van der Waals surface area (Å²) in [5.74, 6) is 0.636. The van der Waals surface area contributed by atoms with Crippen molar-refractivity contribution >= 4 is 5.82 Å². The number of hydrogen-bond acceptors (Lipinski definition) is 4. The molecular weight excluding hydrogens is 168 g/mol. The SMILES string of the molecule is CN(C)CCOc1cc([NH])ncn1. The van der Waals surface area contributed by atoms with Crippen molar-refractivity contribution in [3.63, 3.8) is 0 Å². The molecule has 1 heterocycles. The van der Waals surface area contributed by atoms with Gasteiger partial charge in [0.1, 0.15) is 12.9 Å². The van der Waals surface area contributed by atoms with Gasteiger partial charge in [-0.05, 0) is 14.1 Å². The predicted octanol–water partition coefficient (Wildman–Crippen LogP) is 0.331. The average Bonchev–Trinajstić information content (AvgIpc) is 2.03. The Hall–Kier alpha value is -1.36. The molecule has 0 unspecified atom stereocenters. The van der Waals surface area contributed by atoms with Crippen molar-refractivity contribution in [2.24, 2.45) is 0 Å². The van der Waals surface area contributed by atoms with Crippen molar-refractivity contribution in [2.45, 2.75) is 0 Å². The maximum Gasteiger partial charge on any atom is 0.218 e. The summed E-state index contributed by atoms with van der Waals surface area (Å²) in [5, 5.41) is 0. The van der Waals surface area contributed by atoms with Crippen molar-refractivity contribution in [1.29, 1.82) is 0 Å². The quantitative estimate of drug-likeness (QED) is 0.671. The second-order valence-corrected chi connectivity index (χ2v) is 2.89. The zero-order valence-electron chi connectivity index (χ0n) is 7.82. The van der Waals surface area contributed by atoms with Crippen molar-refractivity contribution in [3.05, 3.63) is 12.4 Å². The van der Waals surface area contributed by atoms with Crippen LogP contribution in [-0.4, -0.2) is 42.1 Å². The summed E-state index contributed by atoms with van der Waals surface area (Å²) in [6.07, 6.45) is 1.33. The first-order valence-electron chi connectivity index (χ1n) is 3.99. The van der Waals surface area contributed by atoms with Gasteiger partial charge in [-0.1, -0.05) is 0 Å². The molecule has 0 atom stereocenters. The highest BCUT2D eigenvalue weighted by Gasteiger charge is 1.97. The van der Waals surface area contributed by atoms with Crippen LogP contribution < -0.4 is 10.5 Å². The minimum Gasteiger partial charge on any atom is -0.476 e. The lowest BCUT2D eigenvalue weighted by Gasteiger charge is -2.09. The lowest BCUT2D eigenvalue weighted by Crippen LogP contribution is -2.19. The van der Waals surface area contributed by atoms with E-state index in [2.05, 4.69) is 9.97 Å². The van der Waals surface area contributed by atoms with Gasteiger partial charge < -0.3 is 9.64 Å². The van der Waals surface area contributed by atoms with E-state index in [1.807, 2.05) is 19.0 Å². The molecule has 0 fully saturated rings. The fourth-order valence-corrected chi connectivity index (χ4v) is 0.751. The minimum absolute atomic E-state index is 0.176. The van der Waals surface area contributed by atoms with Gasteiger partial charge in [0.15, 0.2) is 5.82 Å². The van der Waals surface area contributed by atoms with E-state index in [-0.39, 0.29) is 5.82 Å². The number of nitrogens with zero attached hydrogens (tertiary/aromatic N) is 3. The first-order valence-corrected chi connectivity index (χ1v) is 3.99. The molecule has 0 spiro atoms. The van der Waals surface area contributed by atoms with E-state index in [1.165, 1.54) is 12.4 Å². The van der Waals surface area contributed by atoms with Crippen LogP contribution in [0.15, 0.2) is 12.4 Å². The Morgan fingerprint density at radius 1 is 1.46 bits per heavy atom. The molecule has 0 aliphatic carbocycles. The Bertz CT molecular complexity index is 264. The fourth-order valence-electron chi connectivity index (χ4n) is 0.751. The number of nitrogens with one attached hydrogen (secondary N) is 1. The van der Waals surface area contributed by atoms with E-state index in [0.29, 0.717) is 12.5 Å². The van der Waals surface area contributed by atoms with E-state index in [9.17, 15) is 0 Å². The molecule has 0 aliphatic heterocycles. The molecule has 1 N–H and O–H groups in total. The Labute approximate surface area is 77.5 Å². The molecule has 1 aromatic heterocycles. The first-order chi connectivity index (χ1) is 6.18. The maximum absolute atomic E-state index is 7.21. The van der Waals surface area contributed by atoms with Crippen molar-refractivity contribution in [3.8, 4) is 5.88 Å². The summed E-state index contributed by atoms with van der Waals surface area (Å²) in [5.41, 5.74) is 7.21. The lowest BCUT2D eigenvalue weighted by molar-refractivity contribution is 0.253. The molecule has 0 aromatic carbocycles. The molecule has 0 bridgehead atoms. The Morgan fingerprint density at radius 3 is 2.85 bits per heavy atom. The lowest BCUT2D eigenvalue weighted by atomic mass is 10.5. The number of ether oxygens (including phenoxy) is 1. The minimum atomic E-state index is 0.176. The van der Waals surface area contributed by atoms with Crippen molar-refractivity contribution < 1.29 is 4.74 Å². The van der Waals surface area contributed by atoms with Crippen LogP contribution in [0.5, 0.6) is 5.88 Å². The highest BCUT2D eigenvalue weighted by Crippen LogP contribution is 2.08. The van der Waals surface area contributed by atoms with E-state index < -0.39 is 0 Å². The highest BCUT2D eigenvalue weighted by molar-refractivity contribution is 5.26. The van der Waals surface area contributed by atoms with Crippen LogP contribution in [-0.2, 0) is 0 Å². The second kappa shape index (κ2) is 4.61. The predicted molar refractivity (Wildman–Crippen MR) is 48.8 cm³/mol. The Morgan fingerprint density at radius 2 is 2.23 bits per heavy atom. The van der Waals surface area contributed by atoms with Gasteiger partial charge in [-0.15, -0.1) is 0 Å². The number of rotatable bonds is 4. The maximum atomic E-state index is 7.21. The molecule has 71 valence electrons. The Kier molecular flexibility index (Phi) is 3.45. The molecule has 0 saturated heterocycles. The molecule has 1 aromatic rings. The largest absolute Gasteiger partial charge is 0.476 e. The van der Waals surface area contributed by atoms with Crippen LogP contribution in [0.4, 0.5) is 5.82 Å². The molecule has 1 rings (SSSR count). The standard InChI is InChI=1S/C8H13N4O/c1-12(2)3-4-13-8-5-7(9)10-6-11-8/h5-6,9H,3-4H2,1-2H3. The highest BCUT2D eigenvalue weighted by atomic mass is 16.5. The summed E-state index contributed by atoms with van der Waals surface area (Å²) in [6, 6.07) is 1.50. The van der Waals surface area contributed by atoms with Crippen molar-refractivity contribution in [2.75, 3.05) is 27.2 Å². The number of aromatic nitrogens is 2. The topological polar surface area (TPSA) is 62.1 Å². The van der Waals surface area contributed by atoms with Gasteiger partial charge in [-0.2, -0.15) is 0 Å². The van der Waals surface area contributed by atoms with Gasteiger partial charge in [0.05, 0.1) is 0 Å². The summed E-state index contributed by atoms with van der Waals surface area (Å²) in [4.78, 5) is 9.53. The smallest absolute Gasteiger partial charge is 0.218 e. The van der Waals surface area contributed by atoms with Gasteiger partial charge in [-0.25, -0.2) is 9.97 Å². The first kappa shape index (κ1) is 9.73. The van der Waals surface area contributed by atoms with Gasteiger partial charge in [0, 0.05) is 12.6 Å². The summed E-state index contributed by atoms with van der Waals surface area (Å²) in [6.45, 7) is 1.40. The fraction of sp³-hybridized carbons (Fsp3) is 0.500. The molecular formula is C8H13N4O. The van der Waals surface area contributed by atoms with E-state index in [1.54, 1.807) is 0 Å². The van der Waals surface area contributed by atoms with Crippen LogP contribution in [0.2, 0.25) is 0 Å². The van der Waals surface area contributed by atoms with E-state index in [0.717, 1.165) is 6.54 Å². The summed E-state index contributed by atoms with van der Waals surface area (Å²) < 4.78 is 5.28. The Balaban J connectivity index is 2.37. The van der Waals surface area contributed by atoms with Gasteiger partial charge >= 0.3 is 0 Å². The third-order valence-electron chi connectivity index (χ3n) is 1.43. The van der Waals surface area contributed by atoms with Gasteiger partial charge in [0.2, 0.25) is 5.88 Å². The van der Waals surface area contributed by atoms with Crippen LogP contribution in [0, 0.1) is 0 Å². The summed E-state index contributed by atoms with van der Waals surface area (Å²) >= 11 is 0. The molecule has 0 aliphatic rings. The molecule has 0 amide bonds. The van der Waals surface area contributed by atoms with Gasteiger partial charge in [0.25, 0.3) is 0 Å². The summed E-state index contributed by atoms with van der Waals surface area (Å²) in [7, 11) is 3.94. The molecule has 5 heteroatoms. The van der Waals surface area contributed by atoms with Crippen LogP contribution in [0.25, 0.3) is 0 Å². The van der Waals surface area contributed by atoms with Crippen LogP contribution in [0.1, 0.15) is 0 Å². The zero-order chi connectivity index (χ0) is 9.68.